The first-order valence-corrected chi connectivity index (χ1v) is 7.35. The van der Waals surface area contributed by atoms with E-state index in [1.807, 2.05) is 0 Å². The van der Waals surface area contributed by atoms with E-state index in [0.29, 0.717) is 22.5 Å². The summed E-state index contributed by atoms with van der Waals surface area (Å²) in [5.41, 5.74) is 1.05. The van der Waals surface area contributed by atoms with Gasteiger partial charge >= 0.3 is 0 Å². The number of hydrogen-bond donors (Lipinski definition) is 1. The lowest BCUT2D eigenvalue weighted by molar-refractivity contribution is 0.378. The highest BCUT2D eigenvalue weighted by molar-refractivity contribution is 9.10. The van der Waals surface area contributed by atoms with Gasteiger partial charge in [0.1, 0.15) is 4.47 Å². The molecule has 1 unspecified atom stereocenters. The summed E-state index contributed by atoms with van der Waals surface area (Å²) >= 11 is 3.37. The Labute approximate surface area is 122 Å². The van der Waals surface area contributed by atoms with Crippen molar-refractivity contribution in [2.24, 2.45) is 5.41 Å². The molecular formula is C14H20BrN3O. The minimum absolute atomic E-state index is 0.123. The lowest BCUT2D eigenvalue weighted by Gasteiger charge is -2.19. The number of halogens is 1. The van der Waals surface area contributed by atoms with Crippen molar-refractivity contribution in [2.45, 2.75) is 45.7 Å². The molecule has 0 bridgehead atoms. The summed E-state index contributed by atoms with van der Waals surface area (Å²) in [6.45, 7) is 8.61. The van der Waals surface area contributed by atoms with Crippen LogP contribution in [0.2, 0.25) is 0 Å². The second kappa shape index (κ2) is 5.49. The predicted molar refractivity (Wildman–Crippen MR) is 81.4 cm³/mol. The molecule has 1 aliphatic rings. The largest absolute Gasteiger partial charge is 0.380 e. The van der Waals surface area contributed by atoms with Gasteiger partial charge in [-0.25, -0.2) is 4.68 Å². The van der Waals surface area contributed by atoms with Crippen molar-refractivity contribution in [3.8, 4) is 0 Å². The molecule has 0 aliphatic heterocycles. The molecule has 1 aromatic heterocycles. The fourth-order valence-corrected chi connectivity index (χ4v) is 3.02. The summed E-state index contributed by atoms with van der Waals surface area (Å²) in [7, 11) is 0. The third kappa shape index (κ3) is 3.26. The minimum atomic E-state index is -0.123. The van der Waals surface area contributed by atoms with Crippen LogP contribution in [-0.4, -0.2) is 15.8 Å². The van der Waals surface area contributed by atoms with Gasteiger partial charge in [-0.1, -0.05) is 19.9 Å². The van der Waals surface area contributed by atoms with Gasteiger partial charge in [-0.15, -0.1) is 6.58 Å². The lowest BCUT2D eigenvalue weighted by Crippen LogP contribution is -2.26. The van der Waals surface area contributed by atoms with Crippen LogP contribution in [0.4, 0.5) is 5.69 Å². The maximum atomic E-state index is 12.0. The number of anilines is 1. The highest BCUT2D eigenvalue weighted by Gasteiger charge is 2.31. The number of rotatable bonds is 4. The average Bonchev–Trinajstić information content (AvgIpc) is 2.69. The Bertz CT molecular complexity index is 536. The van der Waals surface area contributed by atoms with E-state index in [0.717, 1.165) is 18.5 Å². The van der Waals surface area contributed by atoms with Crippen molar-refractivity contribution in [2.75, 3.05) is 5.32 Å². The van der Waals surface area contributed by atoms with Crippen LogP contribution >= 0.6 is 15.9 Å². The Morgan fingerprint density at radius 1 is 1.68 bits per heavy atom. The van der Waals surface area contributed by atoms with Gasteiger partial charge in [0.2, 0.25) is 0 Å². The quantitative estimate of drug-likeness (QED) is 0.865. The standard InChI is InChI=1S/C14H20BrN3O/c1-4-7-18-13(19)12(15)11(9-16-18)17-10-5-6-14(2,3)8-10/h4,9-10,17H,1,5-8H2,2-3H3. The summed E-state index contributed by atoms with van der Waals surface area (Å²) < 4.78 is 1.94. The van der Waals surface area contributed by atoms with Crippen molar-refractivity contribution in [1.29, 1.82) is 0 Å². The van der Waals surface area contributed by atoms with Crippen molar-refractivity contribution in [1.82, 2.24) is 9.78 Å². The van der Waals surface area contributed by atoms with Crippen molar-refractivity contribution < 1.29 is 0 Å². The maximum absolute atomic E-state index is 12.0. The molecule has 1 N–H and O–H groups in total. The predicted octanol–water partition coefficient (Wildman–Crippen LogP) is 3.18. The summed E-state index contributed by atoms with van der Waals surface area (Å²) in [4.78, 5) is 12.0. The highest BCUT2D eigenvalue weighted by Crippen LogP contribution is 2.38. The van der Waals surface area contributed by atoms with Gasteiger partial charge in [0.05, 0.1) is 18.4 Å². The summed E-state index contributed by atoms with van der Waals surface area (Å²) in [5, 5.41) is 7.57. The van der Waals surface area contributed by atoms with Crippen molar-refractivity contribution in [3.63, 3.8) is 0 Å². The van der Waals surface area contributed by atoms with Crippen LogP contribution in [0.1, 0.15) is 33.1 Å². The molecule has 5 heteroatoms. The van der Waals surface area contributed by atoms with Crippen LogP contribution in [-0.2, 0) is 6.54 Å². The molecule has 0 aromatic carbocycles. The number of allylic oxidation sites excluding steroid dienone is 1. The van der Waals surface area contributed by atoms with Gasteiger partial charge in [-0.3, -0.25) is 4.79 Å². The van der Waals surface area contributed by atoms with Gasteiger partial charge in [0, 0.05) is 6.04 Å². The maximum Gasteiger partial charge on any atom is 0.283 e. The van der Waals surface area contributed by atoms with Gasteiger partial charge in [-0.05, 0) is 40.6 Å². The summed E-state index contributed by atoms with van der Waals surface area (Å²) in [6.07, 6.45) is 6.83. The third-order valence-corrected chi connectivity index (χ3v) is 4.38. The summed E-state index contributed by atoms with van der Waals surface area (Å²) in [6, 6.07) is 0.419. The average molecular weight is 326 g/mol. The van der Waals surface area contributed by atoms with Crippen LogP contribution in [0.3, 0.4) is 0 Å². The highest BCUT2D eigenvalue weighted by atomic mass is 79.9. The normalized spacial score (nSPS) is 21.3. The molecule has 104 valence electrons. The van der Waals surface area contributed by atoms with Crippen LogP contribution < -0.4 is 10.9 Å². The van der Waals surface area contributed by atoms with E-state index in [9.17, 15) is 4.79 Å². The molecule has 0 spiro atoms. The molecule has 4 nitrogen and oxygen atoms in total. The van der Waals surface area contributed by atoms with E-state index < -0.39 is 0 Å². The van der Waals surface area contributed by atoms with E-state index >= 15 is 0 Å². The Hall–Kier alpha value is -1.10. The topological polar surface area (TPSA) is 46.9 Å². The molecule has 19 heavy (non-hydrogen) atoms. The number of nitrogens with zero attached hydrogens (tertiary/aromatic N) is 2. The third-order valence-electron chi connectivity index (χ3n) is 3.62. The zero-order valence-corrected chi connectivity index (χ0v) is 13.0. The van der Waals surface area contributed by atoms with Crippen LogP contribution in [0.25, 0.3) is 0 Å². The van der Waals surface area contributed by atoms with E-state index in [1.165, 1.54) is 11.1 Å². The fraction of sp³-hybridized carbons (Fsp3) is 0.571. The second-order valence-corrected chi connectivity index (χ2v) is 6.69. The molecule has 1 fully saturated rings. The molecular weight excluding hydrogens is 306 g/mol. The van der Waals surface area contributed by atoms with Crippen molar-refractivity contribution in [3.05, 3.63) is 33.7 Å². The molecule has 0 amide bonds. The van der Waals surface area contributed by atoms with E-state index in [2.05, 4.69) is 46.8 Å². The first-order valence-electron chi connectivity index (χ1n) is 6.56. The zero-order chi connectivity index (χ0) is 14.0. The smallest absolute Gasteiger partial charge is 0.283 e. The monoisotopic (exact) mass is 325 g/mol. The van der Waals surface area contributed by atoms with Crippen molar-refractivity contribution >= 4 is 21.6 Å². The SMILES string of the molecule is C=CCn1ncc(NC2CCC(C)(C)C2)c(Br)c1=O. The van der Waals surface area contributed by atoms with E-state index in [-0.39, 0.29) is 5.56 Å². The summed E-state index contributed by atoms with van der Waals surface area (Å²) in [5.74, 6) is 0. The second-order valence-electron chi connectivity index (χ2n) is 5.90. The van der Waals surface area contributed by atoms with Gasteiger partial charge in [0.25, 0.3) is 5.56 Å². The van der Waals surface area contributed by atoms with Gasteiger partial charge in [-0.2, -0.15) is 5.10 Å². The molecule has 1 saturated carbocycles. The molecule has 2 rings (SSSR count). The molecule has 1 heterocycles. The fourth-order valence-electron chi connectivity index (χ4n) is 2.60. The Morgan fingerprint density at radius 2 is 2.42 bits per heavy atom. The number of nitrogens with one attached hydrogen (secondary N) is 1. The number of aromatic nitrogens is 2. The zero-order valence-electron chi connectivity index (χ0n) is 11.4. The molecule has 0 saturated heterocycles. The number of hydrogen-bond acceptors (Lipinski definition) is 3. The first kappa shape index (κ1) is 14.3. The minimum Gasteiger partial charge on any atom is -0.380 e. The molecule has 1 aliphatic carbocycles. The van der Waals surface area contributed by atoms with Gasteiger partial charge in [0.15, 0.2) is 0 Å². The Balaban J connectivity index is 2.16. The van der Waals surface area contributed by atoms with Crippen LogP contribution in [0, 0.1) is 5.41 Å². The van der Waals surface area contributed by atoms with Crippen LogP contribution in [0.15, 0.2) is 28.1 Å². The molecule has 1 aromatic rings. The molecule has 0 radical (unpaired) electrons. The lowest BCUT2D eigenvalue weighted by atomic mass is 9.92. The van der Waals surface area contributed by atoms with Gasteiger partial charge < -0.3 is 5.32 Å². The van der Waals surface area contributed by atoms with E-state index in [1.54, 1.807) is 12.3 Å². The molecule has 1 atom stereocenters. The Kier molecular flexibility index (Phi) is 4.13. The van der Waals surface area contributed by atoms with E-state index in [4.69, 9.17) is 0 Å². The Morgan fingerprint density at radius 3 is 3.00 bits per heavy atom. The first-order chi connectivity index (χ1) is 8.93. The van der Waals surface area contributed by atoms with Crippen LogP contribution in [0.5, 0.6) is 0 Å².